The van der Waals surface area contributed by atoms with Crippen molar-refractivity contribution in [2.75, 3.05) is 13.1 Å². The van der Waals surface area contributed by atoms with Crippen molar-refractivity contribution >= 4 is 0 Å². The molecule has 1 heteroatoms. The van der Waals surface area contributed by atoms with Crippen molar-refractivity contribution < 1.29 is 0 Å². The molecular formula is C14H21N. The molecule has 0 aliphatic carbocycles. The lowest BCUT2D eigenvalue weighted by Gasteiger charge is -2.27. The first kappa shape index (κ1) is 10.7. The van der Waals surface area contributed by atoms with Crippen LogP contribution in [-0.4, -0.2) is 18.0 Å². The molecule has 0 amide bonds. The molecule has 1 aliphatic rings. The summed E-state index contributed by atoms with van der Waals surface area (Å²) < 4.78 is 0. The van der Waals surface area contributed by atoms with E-state index in [2.05, 4.69) is 42.2 Å². The van der Waals surface area contributed by atoms with E-state index in [9.17, 15) is 0 Å². The number of benzene rings is 1. The second kappa shape index (κ2) is 5.32. The van der Waals surface area contributed by atoms with E-state index in [-0.39, 0.29) is 0 Å². The summed E-state index contributed by atoms with van der Waals surface area (Å²) in [5.74, 6) is 0. The molecule has 1 heterocycles. The molecule has 0 spiro atoms. The van der Waals surface area contributed by atoms with E-state index in [1.54, 1.807) is 0 Å². The number of rotatable bonds is 2. The Morgan fingerprint density at radius 3 is 2.13 bits per heavy atom. The van der Waals surface area contributed by atoms with Gasteiger partial charge in [-0.15, -0.1) is 0 Å². The van der Waals surface area contributed by atoms with Crippen LogP contribution in [0.25, 0.3) is 0 Å². The van der Waals surface area contributed by atoms with Crippen LogP contribution in [0, 0.1) is 0 Å². The molecule has 15 heavy (non-hydrogen) atoms. The summed E-state index contributed by atoms with van der Waals surface area (Å²) >= 11 is 0. The van der Waals surface area contributed by atoms with Gasteiger partial charge in [-0.3, -0.25) is 4.90 Å². The predicted molar refractivity (Wildman–Crippen MR) is 64.9 cm³/mol. The summed E-state index contributed by atoms with van der Waals surface area (Å²) in [6.45, 7) is 4.88. The van der Waals surface area contributed by atoms with E-state index in [0.29, 0.717) is 6.04 Å². The minimum absolute atomic E-state index is 0.587. The number of hydrogen-bond acceptors (Lipinski definition) is 1. The molecule has 0 unspecified atom stereocenters. The molecule has 0 bridgehead atoms. The maximum atomic E-state index is 2.63. The van der Waals surface area contributed by atoms with E-state index in [0.717, 1.165) is 0 Å². The maximum Gasteiger partial charge on any atom is 0.0319 e. The third kappa shape index (κ3) is 2.82. The zero-order valence-electron chi connectivity index (χ0n) is 9.65. The molecule has 1 nitrogen and oxygen atoms in total. The topological polar surface area (TPSA) is 3.24 Å². The van der Waals surface area contributed by atoms with Gasteiger partial charge in [-0.05, 0) is 38.4 Å². The third-order valence-corrected chi connectivity index (χ3v) is 3.47. The molecular weight excluding hydrogens is 182 g/mol. The summed E-state index contributed by atoms with van der Waals surface area (Å²) in [4.78, 5) is 2.63. The second-order valence-corrected chi connectivity index (χ2v) is 4.54. The predicted octanol–water partition coefficient (Wildman–Crippen LogP) is 3.62. The van der Waals surface area contributed by atoms with E-state index in [4.69, 9.17) is 0 Å². The van der Waals surface area contributed by atoms with Crippen molar-refractivity contribution in [3.63, 3.8) is 0 Å². The Balaban J connectivity index is 2.03. The Morgan fingerprint density at radius 2 is 1.53 bits per heavy atom. The van der Waals surface area contributed by atoms with Gasteiger partial charge in [0.25, 0.3) is 0 Å². The molecule has 0 aromatic heterocycles. The normalized spacial score (nSPS) is 20.9. The first-order valence-corrected chi connectivity index (χ1v) is 6.17. The van der Waals surface area contributed by atoms with Gasteiger partial charge in [-0.25, -0.2) is 0 Å². The zero-order valence-corrected chi connectivity index (χ0v) is 9.65. The molecule has 0 radical (unpaired) electrons. The monoisotopic (exact) mass is 203 g/mol. The van der Waals surface area contributed by atoms with Gasteiger partial charge < -0.3 is 0 Å². The van der Waals surface area contributed by atoms with Gasteiger partial charge in [0.2, 0.25) is 0 Å². The first-order chi connectivity index (χ1) is 7.38. The highest BCUT2D eigenvalue weighted by atomic mass is 15.1. The highest BCUT2D eigenvalue weighted by Gasteiger charge is 2.16. The van der Waals surface area contributed by atoms with Crippen LogP contribution < -0.4 is 0 Å². The molecule has 0 N–H and O–H groups in total. The number of hydrogen-bond donors (Lipinski definition) is 0. The number of nitrogens with zero attached hydrogens (tertiary/aromatic N) is 1. The lowest BCUT2D eigenvalue weighted by atomic mass is 10.1. The van der Waals surface area contributed by atoms with Crippen LogP contribution in [0.2, 0.25) is 0 Å². The van der Waals surface area contributed by atoms with Gasteiger partial charge >= 0.3 is 0 Å². The van der Waals surface area contributed by atoms with Crippen LogP contribution in [0.3, 0.4) is 0 Å². The minimum Gasteiger partial charge on any atom is -0.297 e. The molecule has 1 aromatic rings. The summed E-state index contributed by atoms with van der Waals surface area (Å²) in [7, 11) is 0. The molecule has 2 rings (SSSR count). The van der Waals surface area contributed by atoms with Crippen molar-refractivity contribution in [2.24, 2.45) is 0 Å². The summed E-state index contributed by atoms with van der Waals surface area (Å²) in [5, 5.41) is 0. The van der Waals surface area contributed by atoms with Crippen LogP contribution in [-0.2, 0) is 0 Å². The highest BCUT2D eigenvalue weighted by molar-refractivity contribution is 5.18. The fourth-order valence-corrected chi connectivity index (χ4v) is 2.42. The van der Waals surface area contributed by atoms with Crippen LogP contribution in [0.15, 0.2) is 30.3 Å². The van der Waals surface area contributed by atoms with Gasteiger partial charge in [-0.2, -0.15) is 0 Å². The Kier molecular flexibility index (Phi) is 3.79. The van der Waals surface area contributed by atoms with Crippen LogP contribution in [0.5, 0.6) is 0 Å². The number of likely N-dealkylation sites (tertiary alicyclic amines) is 1. The molecule has 1 fully saturated rings. The average Bonchev–Trinajstić information content (AvgIpc) is 2.58. The maximum absolute atomic E-state index is 2.63. The van der Waals surface area contributed by atoms with E-state index < -0.39 is 0 Å². The van der Waals surface area contributed by atoms with Crippen molar-refractivity contribution in [2.45, 2.75) is 38.6 Å². The van der Waals surface area contributed by atoms with Crippen molar-refractivity contribution in [3.8, 4) is 0 Å². The fraction of sp³-hybridized carbons (Fsp3) is 0.571. The second-order valence-electron chi connectivity index (χ2n) is 4.54. The van der Waals surface area contributed by atoms with Gasteiger partial charge in [0, 0.05) is 6.04 Å². The minimum atomic E-state index is 0.587. The van der Waals surface area contributed by atoms with E-state index in [1.807, 2.05) is 0 Å². The molecule has 1 atom stereocenters. The smallest absolute Gasteiger partial charge is 0.0319 e. The average molecular weight is 203 g/mol. The van der Waals surface area contributed by atoms with Gasteiger partial charge in [0.15, 0.2) is 0 Å². The Hall–Kier alpha value is -0.820. The van der Waals surface area contributed by atoms with Crippen molar-refractivity contribution in [3.05, 3.63) is 35.9 Å². The highest BCUT2D eigenvalue weighted by Crippen LogP contribution is 2.23. The molecule has 1 aromatic carbocycles. The quantitative estimate of drug-likeness (QED) is 0.709. The molecule has 82 valence electrons. The van der Waals surface area contributed by atoms with E-state index in [1.165, 1.54) is 44.3 Å². The Labute approximate surface area is 93.1 Å². The standard InChI is InChI=1S/C14H21N/c1-13(14-9-5-4-6-10-14)15-11-7-2-3-8-12-15/h4-6,9-10,13H,2-3,7-8,11-12H2,1H3/t13-/m1/s1. The summed E-state index contributed by atoms with van der Waals surface area (Å²) in [6, 6.07) is 11.5. The van der Waals surface area contributed by atoms with Crippen LogP contribution in [0.1, 0.15) is 44.2 Å². The Bertz CT molecular complexity index is 273. The fourth-order valence-electron chi connectivity index (χ4n) is 2.42. The lowest BCUT2D eigenvalue weighted by molar-refractivity contribution is 0.219. The van der Waals surface area contributed by atoms with Crippen molar-refractivity contribution in [1.29, 1.82) is 0 Å². The molecule has 1 aliphatic heterocycles. The van der Waals surface area contributed by atoms with Crippen molar-refractivity contribution in [1.82, 2.24) is 4.90 Å². The lowest BCUT2D eigenvalue weighted by Crippen LogP contribution is -2.27. The van der Waals surface area contributed by atoms with Gasteiger partial charge in [-0.1, -0.05) is 43.2 Å². The third-order valence-electron chi connectivity index (χ3n) is 3.47. The summed E-state index contributed by atoms with van der Waals surface area (Å²) in [5.41, 5.74) is 1.46. The zero-order chi connectivity index (χ0) is 10.5. The first-order valence-electron chi connectivity index (χ1n) is 6.17. The van der Waals surface area contributed by atoms with Crippen LogP contribution >= 0.6 is 0 Å². The van der Waals surface area contributed by atoms with Gasteiger partial charge in [0.1, 0.15) is 0 Å². The Morgan fingerprint density at radius 1 is 0.933 bits per heavy atom. The molecule has 1 saturated heterocycles. The largest absolute Gasteiger partial charge is 0.297 e. The van der Waals surface area contributed by atoms with Gasteiger partial charge in [0.05, 0.1) is 0 Å². The van der Waals surface area contributed by atoms with Crippen LogP contribution in [0.4, 0.5) is 0 Å². The SMILES string of the molecule is C[C@H](c1ccccc1)N1CCCCCC1. The van der Waals surface area contributed by atoms with E-state index >= 15 is 0 Å². The molecule has 0 saturated carbocycles. The summed E-state index contributed by atoms with van der Waals surface area (Å²) in [6.07, 6.45) is 5.57.